The van der Waals surface area contributed by atoms with Gasteiger partial charge in [0.2, 0.25) is 0 Å². The van der Waals surface area contributed by atoms with Gasteiger partial charge in [-0.1, -0.05) is 128 Å². The second-order valence-corrected chi connectivity index (χ2v) is 13.0. The fourth-order valence-corrected chi connectivity index (χ4v) is 8.16. The van der Waals surface area contributed by atoms with Crippen LogP contribution in [0.25, 0.3) is 65.6 Å². The lowest BCUT2D eigenvalue weighted by Gasteiger charge is -2.18. The van der Waals surface area contributed by atoms with Crippen LogP contribution in [0.4, 0.5) is 5.69 Å². The van der Waals surface area contributed by atoms with E-state index in [2.05, 4.69) is 174 Å². The number of para-hydroxylation sites is 3. The van der Waals surface area contributed by atoms with Crippen LogP contribution in [0.3, 0.4) is 0 Å². The number of nitrogens with zero attached hydrogens (tertiary/aromatic N) is 3. The molecular weight excluding hydrogens is 595 g/mol. The van der Waals surface area contributed by atoms with Gasteiger partial charge in [-0.05, 0) is 77.2 Å². The molecule has 3 heterocycles. The summed E-state index contributed by atoms with van der Waals surface area (Å²) in [4.78, 5) is 5.59. The highest BCUT2D eigenvalue weighted by molar-refractivity contribution is 6.33. The zero-order valence-electron chi connectivity index (χ0n) is 27.3. The molecule has 2 aromatic heterocycles. The maximum absolute atomic E-state index is 5.59. The average molecular weight is 628 g/mol. The highest BCUT2D eigenvalue weighted by Crippen LogP contribution is 2.41. The van der Waals surface area contributed by atoms with Gasteiger partial charge in [-0.3, -0.25) is 4.57 Å². The standard InChI is InChI=1S/C46H33N3/c1-2-30-28-33-17-7-11-21-39(33)47-46(44(30)32-15-4-3-5-16-32)49-42-27-25-34(29-38(42)45-35-18-8-6-14-31(35)24-26-43(45)49)48-40-22-12-9-19-36(40)37-20-10-13-23-41(37)48/h3-27,29H,2,28H2,1H3. The van der Waals surface area contributed by atoms with E-state index in [9.17, 15) is 0 Å². The number of rotatable bonds is 3. The number of aliphatic imine (C=N–C) groups is 1. The fourth-order valence-electron chi connectivity index (χ4n) is 8.16. The van der Waals surface area contributed by atoms with Crippen LogP contribution in [0.2, 0.25) is 0 Å². The van der Waals surface area contributed by atoms with Gasteiger partial charge >= 0.3 is 0 Å². The Balaban J connectivity index is 1.35. The molecule has 0 saturated carbocycles. The van der Waals surface area contributed by atoms with Crippen molar-refractivity contribution in [2.75, 3.05) is 0 Å². The van der Waals surface area contributed by atoms with Crippen molar-refractivity contribution < 1.29 is 0 Å². The van der Waals surface area contributed by atoms with Gasteiger partial charge in [0, 0.05) is 32.8 Å². The van der Waals surface area contributed by atoms with Gasteiger partial charge in [-0.2, -0.15) is 0 Å². The molecule has 1 aliphatic rings. The molecule has 49 heavy (non-hydrogen) atoms. The quantitative estimate of drug-likeness (QED) is 0.186. The summed E-state index contributed by atoms with van der Waals surface area (Å²) in [5.41, 5.74) is 12.0. The third kappa shape index (κ3) is 4.19. The first-order chi connectivity index (χ1) is 24.3. The lowest BCUT2D eigenvalue weighted by molar-refractivity contribution is 1.01. The topological polar surface area (TPSA) is 22.2 Å². The highest BCUT2D eigenvalue weighted by atomic mass is 15.1. The van der Waals surface area contributed by atoms with Crippen LogP contribution >= 0.6 is 0 Å². The van der Waals surface area contributed by atoms with Crippen LogP contribution in [0.15, 0.2) is 168 Å². The molecule has 0 N–H and O–H groups in total. The van der Waals surface area contributed by atoms with E-state index in [4.69, 9.17) is 4.99 Å². The Morgan fingerprint density at radius 3 is 1.94 bits per heavy atom. The summed E-state index contributed by atoms with van der Waals surface area (Å²) in [6.45, 7) is 2.28. The summed E-state index contributed by atoms with van der Waals surface area (Å²) in [5.74, 6) is 0.980. The summed E-state index contributed by atoms with van der Waals surface area (Å²) >= 11 is 0. The summed E-state index contributed by atoms with van der Waals surface area (Å²) in [6, 6.07) is 57.3. The van der Waals surface area contributed by atoms with Crippen molar-refractivity contribution in [2.45, 2.75) is 19.8 Å². The van der Waals surface area contributed by atoms with E-state index in [0.29, 0.717) is 0 Å². The van der Waals surface area contributed by atoms with E-state index < -0.39 is 0 Å². The van der Waals surface area contributed by atoms with E-state index in [1.54, 1.807) is 0 Å². The van der Waals surface area contributed by atoms with Gasteiger partial charge < -0.3 is 4.57 Å². The van der Waals surface area contributed by atoms with Crippen molar-refractivity contribution in [1.82, 2.24) is 9.13 Å². The van der Waals surface area contributed by atoms with Crippen LogP contribution in [-0.4, -0.2) is 15.0 Å². The van der Waals surface area contributed by atoms with Gasteiger partial charge in [0.05, 0.1) is 27.8 Å². The van der Waals surface area contributed by atoms with Crippen molar-refractivity contribution in [3.8, 4) is 5.69 Å². The summed E-state index contributed by atoms with van der Waals surface area (Å²) in [6.07, 6.45) is 1.82. The van der Waals surface area contributed by atoms with Crippen LogP contribution in [0.5, 0.6) is 0 Å². The molecule has 0 radical (unpaired) electrons. The van der Waals surface area contributed by atoms with Crippen molar-refractivity contribution in [3.05, 3.63) is 174 Å². The first kappa shape index (κ1) is 27.9. The predicted molar refractivity (Wildman–Crippen MR) is 208 cm³/mol. The zero-order valence-corrected chi connectivity index (χ0v) is 27.3. The summed E-state index contributed by atoms with van der Waals surface area (Å²) in [7, 11) is 0. The number of aromatic nitrogens is 2. The van der Waals surface area contributed by atoms with Crippen molar-refractivity contribution in [2.24, 2.45) is 4.99 Å². The first-order valence-corrected chi connectivity index (χ1v) is 17.2. The van der Waals surface area contributed by atoms with E-state index in [1.165, 1.54) is 65.6 Å². The molecule has 0 fully saturated rings. The van der Waals surface area contributed by atoms with Crippen LogP contribution in [-0.2, 0) is 6.42 Å². The number of hydrogen-bond donors (Lipinski definition) is 0. The molecule has 10 rings (SSSR count). The fraction of sp³-hybridized carbons (Fsp3) is 0.0652. The largest absolute Gasteiger partial charge is 0.309 e. The Morgan fingerprint density at radius 1 is 0.531 bits per heavy atom. The molecule has 7 aromatic carbocycles. The molecule has 0 amide bonds. The molecule has 0 aliphatic carbocycles. The Hall–Kier alpha value is -6.19. The van der Waals surface area contributed by atoms with Crippen molar-refractivity contribution in [3.63, 3.8) is 0 Å². The predicted octanol–water partition coefficient (Wildman–Crippen LogP) is 12.0. The molecule has 3 heteroatoms. The monoisotopic (exact) mass is 627 g/mol. The third-order valence-corrected chi connectivity index (χ3v) is 10.4. The minimum absolute atomic E-state index is 0.877. The molecule has 232 valence electrons. The SMILES string of the molecule is CCC1=C(c2ccccc2)C(n2c3ccc(-n4c5ccccc5c5ccccc54)cc3c3c4ccccc4ccc32)=Nc2ccccc2C1. The third-order valence-electron chi connectivity index (χ3n) is 10.4. The lowest BCUT2D eigenvalue weighted by Crippen LogP contribution is -2.15. The van der Waals surface area contributed by atoms with Gasteiger partial charge in [0.15, 0.2) is 0 Å². The molecule has 9 aromatic rings. The van der Waals surface area contributed by atoms with Gasteiger partial charge in [0.1, 0.15) is 5.84 Å². The second-order valence-electron chi connectivity index (χ2n) is 13.0. The molecule has 0 atom stereocenters. The molecule has 0 unspecified atom stereocenters. The van der Waals surface area contributed by atoms with E-state index in [0.717, 1.165) is 41.1 Å². The van der Waals surface area contributed by atoms with Crippen LogP contribution in [0, 0.1) is 0 Å². The Bertz CT molecular complexity index is 2770. The van der Waals surface area contributed by atoms with Gasteiger partial charge in [-0.15, -0.1) is 0 Å². The molecule has 0 spiro atoms. The normalized spacial score (nSPS) is 13.4. The van der Waals surface area contributed by atoms with Gasteiger partial charge in [-0.25, -0.2) is 4.99 Å². The minimum atomic E-state index is 0.877. The minimum Gasteiger partial charge on any atom is -0.309 e. The molecule has 1 aliphatic heterocycles. The van der Waals surface area contributed by atoms with E-state index >= 15 is 0 Å². The maximum Gasteiger partial charge on any atom is 0.146 e. The summed E-state index contributed by atoms with van der Waals surface area (Å²) in [5, 5.41) is 7.49. The lowest BCUT2D eigenvalue weighted by atomic mass is 9.93. The Morgan fingerprint density at radius 2 is 1.16 bits per heavy atom. The Labute approximate surface area is 284 Å². The average Bonchev–Trinajstić information content (AvgIpc) is 3.61. The zero-order chi connectivity index (χ0) is 32.5. The molecular formula is C46H33N3. The summed E-state index contributed by atoms with van der Waals surface area (Å²) < 4.78 is 4.86. The van der Waals surface area contributed by atoms with E-state index in [1.807, 2.05) is 0 Å². The molecule has 0 bridgehead atoms. The smallest absolute Gasteiger partial charge is 0.146 e. The van der Waals surface area contributed by atoms with Crippen molar-refractivity contribution in [1.29, 1.82) is 0 Å². The van der Waals surface area contributed by atoms with Crippen LogP contribution in [0.1, 0.15) is 24.5 Å². The number of benzene rings is 7. The maximum atomic E-state index is 5.59. The highest BCUT2D eigenvalue weighted by Gasteiger charge is 2.26. The van der Waals surface area contributed by atoms with Gasteiger partial charge in [0.25, 0.3) is 0 Å². The first-order valence-electron chi connectivity index (χ1n) is 17.2. The Kier molecular flexibility index (Phi) is 6.22. The van der Waals surface area contributed by atoms with Crippen LogP contribution < -0.4 is 0 Å². The van der Waals surface area contributed by atoms with E-state index in [-0.39, 0.29) is 0 Å². The second kappa shape index (κ2) is 10.9. The number of hydrogen-bond acceptors (Lipinski definition) is 1. The molecule has 3 nitrogen and oxygen atoms in total. The number of allylic oxidation sites excluding steroid dienone is 2. The number of fused-ring (bicyclic) bond motifs is 9. The van der Waals surface area contributed by atoms with Crippen molar-refractivity contribution >= 4 is 71.5 Å². The molecule has 0 saturated heterocycles.